The first-order valence-corrected chi connectivity index (χ1v) is 11.0. The zero-order chi connectivity index (χ0) is 22.9. The summed E-state index contributed by atoms with van der Waals surface area (Å²) in [6.07, 6.45) is -3.28. The van der Waals surface area contributed by atoms with E-state index in [4.69, 9.17) is 0 Å². The van der Waals surface area contributed by atoms with Crippen LogP contribution in [0.5, 0.6) is 0 Å². The van der Waals surface area contributed by atoms with Crippen LogP contribution in [-0.2, 0) is 6.18 Å². The summed E-state index contributed by atoms with van der Waals surface area (Å²) in [5.41, 5.74) is 0.648. The molecule has 0 unspecified atom stereocenters. The molecule has 6 nitrogen and oxygen atoms in total. The number of carbonyl (C=O) groups excluding carboxylic acids is 1. The van der Waals surface area contributed by atoms with Crippen LogP contribution in [0.2, 0.25) is 0 Å². The van der Waals surface area contributed by atoms with E-state index in [9.17, 15) is 18.0 Å². The number of rotatable bonds is 5. The van der Waals surface area contributed by atoms with Gasteiger partial charge in [-0.15, -0.1) is 22.7 Å². The Balaban J connectivity index is 1.45. The summed E-state index contributed by atoms with van der Waals surface area (Å²) in [5.74, 6) is -0.233. The zero-order valence-corrected chi connectivity index (χ0v) is 18.5. The molecular formula is C21H16F3N5OS2. The topological polar surface area (TPSA) is 79.8 Å². The highest BCUT2D eigenvalue weighted by molar-refractivity contribution is 7.16. The van der Waals surface area contributed by atoms with Crippen molar-refractivity contribution < 1.29 is 18.0 Å². The number of aromatic nitrogens is 3. The average Bonchev–Trinajstić information content (AvgIpc) is 3.33. The first kappa shape index (κ1) is 21.9. The van der Waals surface area contributed by atoms with Crippen LogP contribution < -0.4 is 10.6 Å². The van der Waals surface area contributed by atoms with Gasteiger partial charge in [-0.05, 0) is 38.1 Å². The summed E-state index contributed by atoms with van der Waals surface area (Å²) in [6, 6.07) is 7.85. The van der Waals surface area contributed by atoms with E-state index < -0.39 is 17.6 Å². The number of thiazole rings is 2. The molecule has 1 amide bonds. The second-order valence-electron chi connectivity index (χ2n) is 6.74. The third-order valence-electron chi connectivity index (χ3n) is 4.38. The molecule has 0 aliphatic carbocycles. The summed E-state index contributed by atoms with van der Waals surface area (Å²) < 4.78 is 39.3. The molecule has 0 radical (unpaired) electrons. The van der Waals surface area contributed by atoms with Crippen LogP contribution in [0, 0.1) is 13.8 Å². The first-order chi connectivity index (χ1) is 15.2. The van der Waals surface area contributed by atoms with Crippen LogP contribution in [0.25, 0.3) is 10.6 Å². The molecule has 0 aliphatic heterocycles. The minimum Gasteiger partial charge on any atom is -0.321 e. The van der Waals surface area contributed by atoms with Crippen molar-refractivity contribution in [3.05, 3.63) is 69.8 Å². The molecule has 164 valence electrons. The molecule has 0 saturated heterocycles. The van der Waals surface area contributed by atoms with Gasteiger partial charge in [-0.2, -0.15) is 13.2 Å². The SMILES string of the molecule is Cc1nc(C)c(-c2csc(Nc3ccc(C(=O)Nc4ccccc4C(F)(F)F)cn3)n2)s1. The standard InChI is InChI=1S/C21H16F3N5OS2/c1-11-18(32-12(2)26-11)16-10-31-20(28-16)29-17-8-7-13(9-25-17)19(30)27-15-6-4-3-5-14(15)21(22,23)24/h3-10H,1-2H3,(H,27,30)(H,25,28,29). The van der Waals surface area contributed by atoms with Gasteiger partial charge in [0, 0.05) is 11.6 Å². The quantitative estimate of drug-likeness (QED) is 0.354. The number of aryl methyl sites for hydroxylation is 2. The summed E-state index contributed by atoms with van der Waals surface area (Å²) in [5, 5.41) is 8.87. The van der Waals surface area contributed by atoms with E-state index in [2.05, 4.69) is 25.6 Å². The van der Waals surface area contributed by atoms with Gasteiger partial charge in [0.15, 0.2) is 5.13 Å². The van der Waals surface area contributed by atoms with Gasteiger partial charge < -0.3 is 10.6 Å². The van der Waals surface area contributed by atoms with E-state index >= 15 is 0 Å². The van der Waals surface area contributed by atoms with Crippen molar-refractivity contribution in [2.45, 2.75) is 20.0 Å². The fourth-order valence-electron chi connectivity index (χ4n) is 2.95. The maximum Gasteiger partial charge on any atom is 0.418 e. The van der Waals surface area contributed by atoms with Crippen molar-refractivity contribution >= 4 is 45.2 Å². The number of benzene rings is 1. The first-order valence-electron chi connectivity index (χ1n) is 9.31. The zero-order valence-electron chi connectivity index (χ0n) is 16.8. The molecule has 0 aliphatic rings. The molecular weight excluding hydrogens is 459 g/mol. The second kappa shape index (κ2) is 8.67. The minimum absolute atomic E-state index is 0.128. The Labute approximate surface area is 189 Å². The van der Waals surface area contributed by atoms with Crippen molar-refractivity contribution in [2.24, 2.45) is 0 Å². The van der Waals surface area contributed by atoms with E-state index in [1.807, 2.05) is 19.2 Å². The van der Waals surface area contributed by atoms with Gasteiger partial charge in [-0.3, -0.25) is 4.79 Å². The molecule has 2 N–H and O–H groups in total. The molecule has 32 heavy (non-hydrogen) atoms. The van der Waals surface area contributed by atoms with Gasteiger partial charge in [0.1, 0.15) is 5.82 Å². The largest absolute Gasteiger partial charge is 0.418 e. The maximum atomic E-state index is 13.1. The number of carbonyl (C=O) groups is 1. The monoisotopic (exact) mass is 475 g/mol. The Bertz CT molecular complexity index is 1270. The van der Waals surface area contributed by atoms with Crippen LogP contribution >= 0.6 is 22.7 Å². The van der Waals surface area contributed by atoms with Gasteiger partial charge in [0.25, 0.3) is 5.91 Å². The van der Waals surface area contributed by atoms with E-state index in [-0.39, 0.29) is 11.3 Å². The fourth-order valence-corrected chi connectivity index (χ4v) is 4.61. The Morgan fingerprint density at radius 3 is 2.50 bits per heavy atom. The highest BCUT2D eigenvalue weighted by Crippen LogP contribution is 2.35. The van der Waals surface area contributed by atoms with Crippen LogP contribution in [0.4, 0.5) is 29.8 Å². The number of nitrogens with zero attached hydrogens (tertiary/aromatic N) is 3. The minimum atomic E-state index is -4.57. The molecule has 4 aromatic rings. The molecule has 1 aromatic carbocycles. The summed E-state index contributed by atoms with van der Waals surface area (Å²) >= 11 is 2.97. The number of halogens is 3. The van der Waals surface area contributed by atoms with Crippen molar-refractivity contribution in [1.29, 1.82) is 0 Å². The van der Waals surface area contributed by atoms with Gasteiger partial charge in [0.05, 0.1) is 38.1 Å². The summed E-state index contributed by atoms with van der Waals surface area (Å²) in [6.45, 7) is 3.87. The van der Waals surface area contributed by atoms with Gasteiger partial charge in [-0.25, -0.2) is 15.0 Å². The number of hydrogen-bond donors (Lipinski definition) is 2. The number of amides is 1. The Hall–Kier alpha value is -3.31. The van der Waals surface area contributed by atoms with Crippen molar-refractivity contribution in [3.8, 4) is 10.6 Å². The number of anilines is 3. The van der Waals surface area contributed by atoms with Gasteiger partial charge in [-0.1, -0.05) is 12.1 Å². The fraction of sp³-hybridized carbons (Fsp3) is 0.143. The van der Waals surface area contributed by atoms with Crippen LogP contribution in [0.15, 0.2) is 48.0 Å². The van der Waals surface area contributed by atoms with Gasteiger partial charge in [0.2, 0.25) is 0 Å². The lowest BCUT2D eigenvalue weighted by molar-refractivity contribution is -0.136. The lowest BCUT2D eigenvalue weighted by atomic mass is 10.1. The lowest BCUT2D eigenvalue weighted by Gasteiger charge is -2.13. The molecule has 0 atom stereocenters. The van der Waals surface area contributed by atoms with E-state index in [0.717, 1.165) is 27.3 Å². The third kappa shape index (κ3) is 4.78. The molecule has 0 saturated carbocycles. The van der Waals surface area contributed by atoms with E-state index in [1.54, 1.807) is 17.4 Å². The van der Waals surface area contributed by atoms with Gasteiger partial charge >= 0.3 is 6.18 Å². The molecule has 0 bridgehead atoms. The number of pyridine rings is 1. The Kier molecular flexibility index (Phi) is 5.94. The highest BCUT2D eigenvalue weighted by atomic mass is 32.1. The van der Waals surface area contributed by atoms with E-state index in [0.29, 0.717) is 10.9 Å². The highest BCUT2D eigenvalue weighted by Gasteiger charge is 2.33. The normalized spacial score (nSPS) is 11.4. The molecule has 3 aromatic heterocycles. The third-order valence-corrected chi connectivity index (χ3v) is 6.23. The predicted molar refractivity (Wildman–Crippen MR) is 120 cm³/mol. The summed E-state index contributed by atoms with van der Waals surface area (Å²) in [7, 11) is 0. The smallest absolute Gasteiger partial charge is 0.321 e. The van der Waals surface area contributed by atoms with Crippen LogP contribution in [0.1, 0.15) is 26.6 Å². The number of para-hydroxylation sites is 1. The van der Waals surface area contributed by atoms with E-state index in [1.165, 1.54) is 41.8 Å². The Morgan fingerprint density at radius 1 is 1.06 bits per heavy atom. The van der Waals surface area contributed by atoms with Crippen LogP contribution in [0.3, 0.4) is 0 Å². The molecule has 3 heterocycles. The molecule has 11 heteroatoms. The molecule has 0 fully saturated rings. The van der Waals surface area contributed by atoms with Crippen molar-refractivity contribution in [3.63, 3.8) is 0 Å². The molecule has 0 spiro atoms. The predicted octanol–water partition coefficient (Wildman–Crippen LogP) is 6.29. The number of alkyl halides is 3. The number of hydrogen-bond acceptors (Lipinski definition) is 7. The summed E-state index contributed by atoms with van der Waals surface area (Å²) in [4.78, 5) is 26.5. The van der Waals surface area contributed by atoms with Crippen LogP contribution in [-0.4, -0.2) is 20.9 Å². The maximum absolute atomic E-state index is 13.1. The lowest BCUT2D eigenvalue weighted by Crippen LogP contribution is -2.16. The average molecular weight is 476 g/mol. The van der Waals surface area contributed by atoms with Crippen molar-refractivity contribution in [1.82, 2.24) is 15.0 Å². The Morgan fingerprint density at radius 2 is 1.84 bits per heavy atom. The van der Waals surface area contributed by atoms with Crippen molar-refractivity contribution in [2.75, 3.05) is 10.6 Å². The second-order valence-corrected chi connectivity index (χ2v) is 8.80. The molecule has 4 rings (SSSR count). The number of nitrogens with one attached hydrogen (secondary N) is 2.